The number of fused-ring (bicyclic) bond motifs is 1. The number of rotatable bonds is 7. The lowest BCUT2D eigenvalue weighted by Gasteiger charge is -2.32. The summed E-state index contributed by atoms with van der Waals surface area (Å²) in [6.45, 7) is 12.5. The van der Waals surface area contributed by atoms with E-state index in [0.29, 0.717) is 35.5 Å². The number of benzene rings is 3. The second-order valence-electron chi connectivity index (χ2n) is 11.9. The smallest absolute Gasteiger partial charge is 0.351 e. The maximum absolute atomic E-state index is 16.1. The average Bonchev–Trinajstić information content (AvgIpc) is 3.43. The van der Waals surface area contributed by atoms with Crippen molar-refractivity contribution in [2.24, 2.45) is 5.73 Å². The number of amides is 2. The fourth-order valence-electron chi connectivity index (χ4n) is 6.19. The molecule has 2 amide bonds. The normalized spacial score (nSPS) is 14.6. The van der Waals surface area contributed by atoms with Crippen LogP contribution < -0.4 is 11.1 Å². The highest BCUT2D eigenvalue weighted by molar-refractivity contribution is 5.89. The van der Waals surface area contributed by atoms with Gasteiger partial charge in [-0.15, -0.1) is 0 Å². The summed E-state index contributed by atoms with van der Waals surface area (Å²) in [6, 6.07) is 12.1. The predicted octanol–water partition coefficient (Wildman–Crippen LogP) is 8.18. The van der Waals surface area contributed by atoms with Crippen LogP contribution in [0.25, 0.3) is 16.9 Å². The summed E-state index contributed by atoms with van der Waals surface area (Å²) in [5.74, 6) is -0.537. The molecule has 44 heavy (non-hydrogen) atoms. The standard InChI is InChI=1S/C34H37F4N5O/c1-7-21-10-9-11-22(8-2)29(21)43-30(25-15-20(4)28(16-27(25)35)40-32(39)44)26-18-42(33(5,6)31(26)41-43)17-23-12-13-24(14-19(23)3)34(36,37)38/h9-16H,7-8,17-18H2,1-6H3,(H3,39,40,44). The van der Waals surface area contributed by atoms with Crippen molar-refractivity contribution in [1.29, 1.82) is 0 Å². The number of carbonyl (C=O) groups is 1. The van der Waals surface area contributed by atoms with Crippen LogP contribution in [0.4, 0.5) is 28.0 Å². The van der Waals surface area contributed by atoms with Gasteiger partial charge in [-0.05, 0) is 92.6 Å². The molecule has 0 saturated carbocycles. The van der Waals surface area contributed by atoms with Gasteiger partial charge in [0.25, 0.3) is 0 Å². The topological polar surface area (TPSA) is 76.2 Å². The van der Waals surface area contributed by atoms with E-state index in [-0.39, 0.29) is 5.69 Å². The first-order chi connectivity index (χ1) is 20.7. The minimum Gasteiger partial charge on any atom is -0.351 e. The third-order valence-electron chi connectivity index (χ3n) is 8.74. The van der Waals surface area contributed by atoms with Gasteiger partial charge in [0.2, 0.25) is 0 Å². The van der Waals surface area contributed by atoms with Gasteiger partial charge < -0.3 is 11.1 Å². The van der Waals surface area contributed by atoms with E-state index in [1.807, 2.05) is 24.6 Å². The van der Waals surface area contributed by atoms with Crippen LogP contribution in [-0.2, 0) is 37.6 Å². The maximum Gasteiger partial charge on any atom is 0.416 e. The Morgan fingerprint density at radius 3 is 2.23 bits per heavy atom. The number of hydrogen-bond acceptors (Lipinski definition) is 3. The minimum atomic E-state index is -4.41. The third kappa shape index (κ3) is 5.47. The zero-order valence-corrected chi connectivity index (χ0v) is 25.8. The molecule has 1 aromatic heterocycles. The van der Waals surface area contributed by atoms with Crippen LogP contribution in [0.2, 0.25) is 0 Å². The van der Waals surface area contributed by atoms with E-state index in [4.69, 9.17) is 10.8 Å². The molecular formula is C34H37F4N5O. The second-order valence-corrected chi connectivity index (χ2v) is 11.9. The molecule has 0 radical (unpaired) electrons. The van der Waals surface area contributed by atoms with Crippen molar-refractivity contribution < 1.29 is 22.4 Å². The lowest BCUT2D eigenvalue weighted by molar-refractivity contribution is -0.137. The van der Waals surface area contributed by atoms with E-state index < -0.39 is 29.1 Å². The Labute approximate surface area is 254 Å². The molecule has 3 aromatic carbocycles. The Balaban J connectivity index is 1.69. The molecule has 3 N–H and O–H groups in total. The zero-order chi connectivity index (χ0) is 32.1. The molecule has 1 aliphatic rings. The highest BCUT2D eigenvalue weighted by Crippen LogP contribution is 2.46. The molecule has 0 saturated heterocycles. The molecule has 4 aromatic rings. The van der Waals surface area contributed by atoms with Crippen molar-refractivity contribution in [3.05, 3.63) is 99.0 Å². The number of primary amides is 1. The number of aromatic nitrogens is 2. The summed E-state index contributed by atoms with van der Waals surface area (Å²) >= 11 is 0. The van der Waals surface area contributed by atoms with Crippen LogP contribution in [0.3, 0.4) is 0 Å². The van der Waals surface area contributed by atoms with Gasteiger partial charge in [0.1, 0.15) is 5.82 Å². The molecule has 0 atom stereocenters. The molecule has 0 aliphatic carbocycles. The van der Waals surface area contributed by atoms with E-state index in [1.54, 1.807) is 19.9 Å². The number of nitrogens with one attached hydrogen (secondary N) is 1. The zero-order valence-electron chi connectivity index (χ0n) is 25.8. The van der Waals surface area contributed by atoms with Crippen LogP contribution in [0.1, 0.15) is 72.3 Å². The number of halogens is 4. The molecule has 0 unspecified atom stereocenters. The first kappa shape index (κ1) is 31.3. The lowest BCUT2D eigenvalue weighted by atomic mass is 9.96. The number of urea groups is 1. The summed E-state index contributed by atoms with van der Waals surface area (Å²) in [5, 5.41) is 7.66. The molecule has 0 fully saturated rings. The van der Waals surface area contributed by atoms with E-state index >= 15 is 4.39 Å². The summed E-state index contributed by atoms with van der Waals surface area (Å²) < 4.78 is 57.9. The largest absolute Gasteiger partial charge is 0.416 e. The number of carbonyl (C=O) groups excluding carboxylic acids is 1. The highest BCUT2D eigenvalue weighted by atomic mass is 19.4. The molecular weight excluding hydrogens is 570 g/mol. The Bertz CT molecular complexity index is 1730. The quantitative estimate of drug-likeness (QED) is 0.208. The van der Waals surface area contributed by atoms with Gasteiger partial charge in [-0.3, -0.25) is 4.90 Å². The molecule has 1 aliphatic heterocycles. The van der Waals surface area contributed by atoms with Crippen LogP contribution in [0, 0.1) is 19.7 Å². The van der Waals surface area contributed by atoms with E-state index in [9.17, 15) is 18.0 Å². The summed E-state index contributed by atoms with van der Waals surface area (Å²) in [6.07, 6.45) is -2.92. The number of para-hydroxylation sites is 1. The lowest BCUT2D eigenvalue weighted by Crippen LogP contribution is -2.36. The summed E-state index contributed by atoms with van der Waals surface area (Å²) in [7, 11) is 0. The number of nitrogens with zero attached hydrogens (tertiary/aromatic N) is 3. The van der Waals surface area contributed by atoms with Crippen molar-refractivity contribution in [3.8, 4) is 16.9 Å². The number of hydrogen-bond donors (Lipinski definition) is 2. The fraction of sp³-hybridized carbons (Fsp3) is 0.353. The first-order valence-corrected chi connectivity index (χ1v) is 14.7. The van der Waals surface area contributed by atoms with E-state index in [2.05, 4.69) is 36.2 Å². The van der Waals surface area contributed by atoms with Gasteiger partial charge >= 0.3 is 12.2 Å². The monoisotopic (exact) mass is 607 g/mol. The first-order valence-electron chi connectivity index (χ1n) is 14.7. The molecule has 232 valence electrons. The van der Waals surface area contributed by atoms with E-state index in [1.165, 1.54) is 18.2 Å². The second kappa shape index (κ2) is 11.4. The maximum atomic E-state index is 16.1. The van der Waals surface area contributed by atoms with Crippen LogP contribution in [-0.4, -0.2) is 20.7 Å². The Morgan fingerprint density at radius 1 is 1.00 bits per heavy atom. The molecule has 6 nitrogen and oxygen atoms in total. The minimum absolute atomic E-state index is 0.282. The summed E-state index contributed by atoms with van der Waals surface area (Å²) in [4.78, 5) is 13.7. The van der Waals surface area contributed by atoms with Crippen LogP contribution in [0.15, 0.2) is 48.5 Å². The molecule has 2 heterocycles. The van der Waals surface area contributed by atoms with Gasteiger partial charge in [-0.1, -0.05) is 38.1 Å². The Morgan fingerprint density at radius 2 is 1.66 bits per heavy atom. The van der Waals surface area contributed by atoms with Gasteiger partial charge in [-0.25, -0.2) is 13.9 Å². The molecule has 0 spiro atoms. The van der Waals surface area contributed by atoms with Crippen molar-refractivity contribution in [3.63, 3.8) is 0 Å². The average molecular weight is 608 g/mol. The fourth-order valence-corrected chi connectivity index (χ4v) is 6.19. The number of anilines is 1. The van der Waals surface area contributed by atoms with Gasteiger partial charge in [-0.2, -0.15) is 18.3 Å². The van der Waals surface area contributed by atoms with Crippen molar-refractivity contribution >= 4 is 11.7 Å². The number of nitrogens with two attached hydrogens (primary N) is 1. The molecule has 5 rings (SSSR count). The Kier molecular flexibility index (Phi) is 8.09. The van der Waals surface area contributed by atoms with Gasteiger partial charge in [0.05, 0.1) is 28.2 Å². The Hall–Kier alpha value is -4.18. The van der Waals surface area contributed by atoms with Gasteiger partial charge in [0, 0.05) is 29.9 Å². The highest BCUT2D eigenvalue weighted by Gasteiger charge is 2.43. The predicted molar refractivity (Wildman–Crippen MR) is 164 cm³/mol. The molecule has 0 bridgehead atoms. The van der Waals surface area contributed by atoms with Crippen molar-refractivity contribution in [2.45, 2.75) is 79.2 Å². The summed E-state index contributed by atoms with van der Waals surface area (Å²) in [5.41, 5.74) is 11.9. The third-order valence-corrected chi connectivity index (χ3v) is 8.74. The van der Waals surface area contributed by atoms with E-state index in [0.717, 1.165) is 52.5 Å². The SMILES string of the molecule is CCc1cccc(CC)c1-n1nc2c(c1-c1cc(C)c(NC(N)=O)cc1F)CN(Cc1ccc(C(F)(F)F)cc1C)C2(C)C. The van der Waals surface area contributed by atoms with Crippen molar-refractivity contribution in [2.75, 3.05) is 5.32 Å². The number of aryl methyl sites for hydroxylation is 4. The van der Waals surface area contributed by atoms with Crippen molar-refractivity contribution in [1.82, 2.24) is 14.7 Å². The molecule has 10 heteroatoms. The van der Waals surface area contributed by atoms with Gasteiger partial charge in [0.15, 0.2) is 0 Å². The number of alkyl halides is 3. The van der Waals surface area contributed by atoms with Crippen LogP contribution >= 0.6 is 0 Å². The van der Waals surface area contributed by atoms with Crippen LogP contribution in [0.5, 0.6) is 0 Å².